The number of aryl methyl sites for hydroxylation is 4. The molecule has 134 valence electrons. The number of nitro groups is 1. The van der Waals surface area contributed by atoms with E-state index < -0.39 is 4.92 Å². The summed E-state index contributed by atoms with van der Waals surface area (Å²) in [4.78, 5) is 24.3. The van der Waals surface area contributed by atoms with E-state index in [1.165, 1.54) is 17.7 Å². The van der Waals surface area contributed by atoms with Gasteiger partial charge in [0.05, 0.1) is 10.6 Å². The Bertz CT molecular complexity index is 947. The average molecular weight is 371 g/mol. The van der Waals surface area contributed by atoms with Gasteiger partial charge in [-0.25, -0.2) is 9.97 Å². The number of hydrogen-bond acceptors (Lipinski definition) is 8. The van der Waals surface area contributed by atoms with Gasteiger partial charge in [-0.05, 0) is 51.0 Å². The number of thiazole rings is 1. The number of nitrogens with zero attached hydrogens (tertiary/aromatic N) is 4. The van der Waals surface area contributed by atoms with Crippen LogP contribution in [0.15, 0.2) is 24.5 Å². The standard InChI is InChI=1S/C17H17N5O3S/c1-9-5-10(2)7-13(6-9)25-16-14(22(23)24)15(18-8-19-16)21-17-20-11(3)12(4)26-17/h5-8H,1-4H3,(H,18,19,20,21). The lowest BCUT2D eigenvalue weighted by atomic mass is 10.1. The third kappa shape index (κ3) is 3.77. The molecule has 1 aromatic carbocycles. The van der Waals surface area contributed by atoms with Gasteiger partial charge >= 0.3 is 11.6 Å². The minimum absolute atomic E-state index is 0.0399. The van der Waals surface area contributed by atoms with Crippen molar-refractivity contribution in [2.45, 2.75) is 27.7 Å². The lowest BCUT2D eigenvalue weighted by Gasteiger charge is -2.09. The third-order valence-corrected chi connectivity index (χ3v) is 4.62. The number of nitrogens with one attached hydrogen (secondary N) is 1. The number of ether oxygens (including phenoxy) is 1. The van der Waals surface area contributed by atoms with Gasteiger partial charge in [-0.3, -0.25) is 10.1 Å². The molecule has 0 fully saturated rings. The minimum atomic E-state index is -0.562. The Morgan fingerprint density at radius 2 is 1.81 bits per heavy atom. The summed E-state index contributed by atoms with van der Waals surface area (Å²) < 4.78 is 5.69. The van der Waals surface area contributed by atoms with Gasteiger partial charge in [0, 0.05) is 4.88 Å². The molecule has 1 N–H and O–H groups in total. The van der Waals surface area contributed by atoms with Gasteiger partial charge in [0.1, 0.15) is 12.1 Å². The molecule has 0 aliphatic rings. The van der Waals surface area contributed by atoms with Crippen LogP contribution in [-0.4, -0.2) is 19.9 Å². The van der Waals surface area contributed by atoms with Gasteiger partial charge in [-0.15, -0.1) is 11.3 Å². The lowest BCUT2D eigenvalue weighted by molar-refractivity contribution is -0.385. The Labute approximate surface area is 154 Å². The van der Waals surface area contributed by atoms with Crippen LogP contribution in [0.25, 0.3) is 0 Å². The van der Waals surface area contributed by atoms with Crippen LogP contribution in [0.1, 0.15) is 21.7 Å². The molecule has 0 unspecified atom stereocenters. The zero-order valence-electron chi connectivity index (χ0n) is 14.7. The summed E-state index contributed by atoms with van der Waals surface area (Å²) in [6.07, 6.45) is 1.22. The Kier molecular flexibility index (Phi) is 4.81. The highest BCUT2D eigenvalue weighted by Crippen LogP contribution is 2.36. The molecule has 0 amide bonds. The Hall–Kier alpha value is -3.07. The van der Waals surface area contributed by atoms with Crippen molar-refractivity contribution >= 4 is 28.0 Å². The van der Waals surface area contributed by atoms with Crippen molar-refractivity contribution in [3.8, 4) is 11.6 Å². The van der Waals surface area contributed by atoms with E-state index in [9.17, 15) is 10.1 Å². The second-order valence-electron chi connectivity index (χ2n) is 5.84. The number of benzene rings is 1. The molecule has 0 saturated heterocycles. The summed E-state index contributed by atoms with van der Waals surface area (Å²) in [5.41, 5.74) is 2.51. The lowest BCUT2D eigenvalue weighted by Crippen LogP contribution is -2.03. The molecule has 8 nitrogen and oxygen atoms in total. The quantitative estimate of drug-likeness (QED) is 0.516. The number of hydrogen-bond donors (Lipinski definition) is 1. The average Bonchev–Trinajstić information content (AvgIpc) is 2.84. The maximum atomic E-state index is 11.6. The number of anilines is 2. The van der Waals surface area contributed by atoms with E-state index in [-0.39, 0.29) is 17.4 Å². The fourth-order valence-electron chi connectivity index (χ4n) is 2.42. The summed E-state index contributed by atoms with van der Waals surface area (Å²) in [6.45, 7) is 7.66. The van der Waals surface area contributed by atoms with Gasteiger partial charge in [0.2, 0.25) is 5.82 Å². The van der Waals surface area contributed by atoms with E-state index in [0.29, 0.717) is 10.9 Å². The van der Waals surface area contributed by atoms with Crippen LogP contribution >= 0.6 is 11.3 Å². The van der Waals surface area contributed by atoms with Crippen LogP contribution in [0, 0.1) is 37.8 Å². The Morgan fingerprint density at radius 1 is 1.12 bits per heavy atom. The number of aromatic nitrogens is 3. The summed E-state index contributed by atoms with van der Waals surface area (Å²) >= 11 is 1.40. The van der Waals surface area contributed by atoms with Crippen LogP contribution in [-0.2, 0) is 0 Å². The van der Waals surface area contributed by atoms with E-state index in [4.69, 9.17) is 4.74 Å². The summed E-state index contributed by atoms with van der Waals surface area (Å²) in [5.74, 6) is 0.400. The van der Waals surface area contributed by atoms with Crippen molar-refractivity contribution < 1.29 is 9.66 Å². The highest BCUT2D eigenvalue weighted by Gasteiger charge is 2.26. The number of rotatable bonds is 5. The first-order chi connectivity index (χ1) is 12.3. The van der Waals surface area contributed by atoms with Gasteiger partial charge in [0.15, 0.2) is 5.13 Å². The van der Waals surface area contributed by atoms with Crippen LogP contribution in [0.2, 0.25) is 0 Å². The van der Waals surface area contributed by atoms with Gasteiger partial charge in [0.25, 0.3) is 0 Å². The molecule has 0 radical (unpaired) electrons. The summed E-state index contributed by atoms with van der Waals surface area (Å²) in [7, 11) is 0. The summed E-state index contributed by atoms with van der Waals surface area (Å²) in [6, 6.07) is 5.57. The van der Waals surface area contributed by atoms with E-state index >= 15 is 0 Å². The smallest absolute Gasteiger partial charge is 0.373 e. The fraction of sp³-hybridized carbons (Fsp3) is 0.235. The highest BCUT2D eigenvalue weighted by atomic mass is 32.1. The molecule has 0 atom stereocenters. The molecule has 26 heavy (non-hydrogen) atoms. The molecule has 0 aliphatic heterocycles. The predicted molar refractivity (Wildman–Crippen MR) is 99.5 cm³/mol. The molecule has 0 spiro atoms. The van der Waals surface area contributed by atoms with Crippen LogP contribution in [0.3, 0.4) is 0 Å². The van der Waals surface area contributed by atoms with Crippen molar-refractivity contribution in [3.05, 3.63) is 56.3 Å². The first-order valence-corrected chi connectivity index (χ1v) is 8.61. The van der Waals surface area contributed by atoms with Crippen LogP contribution in [0.5, 0.6) is 11.6 Å². The minimum Gasteiger partial charge on any atom is -0.434 e. The van der Waals surface area contributed by atoms with Crippen LogP contribution < -0.4 is 10.1 Å². The molecule has 9 heteroatoms. The molecule has 2 aromatic heterocycles. The molecule has 2 heterocycles. The molecular formula is C17H17N5O3S. The normalized spacial score (nSPS) is 10.6. The molecule has 0 bridgehead atoms. The van der Waals surface area contributed by atoms with Crippen LogP contribution in [0.4, 0.5) is 16.6 Å². The van der Waals surface area contributed by atoms with Crippen molar-refractivity contribution in [1.29, 1.82) is 0 Å². The first-order valence-electron chi connectivity index (χ1n) is 7.80. The molecular weight excluding hydrogens is 354 g/mol. The first kappa shape index (κ1) is 17.7. The SMILES string of the molecule is Cc1cc(C)cc(Oc2ncnc(Nc3nc(C)c(C)s3)c2[N+](=O)[O-])c1. The third-order valence-electron chi connectivity index (χ3n) is 3.63. The van der Waals surface area contributed by atoms with E-state index in [0.717, 1.165) is 21.7 Å². The van der Waals surface area contributed by atoms with Crippen molar-refractivity contribution in [2.75, 3.05) is 5.32 Å². The topological polar surface area (TPSA) is 103 Å². The highest BCUT2D eigenvalue weighted by molar-refractivity contribution is 7.15. The van der Waals surface area contributed by atoms with E-state index in [1.54, 1.807) is 12.1 Å². The second-order valence-corrected chi connectivity index (χ2v) is 7.05. The van der Waals surface area contributed by atoms with Crippen molar-refractivity contribution in [1.82, 2.24) is 15.0 Å². The Balaban J connectivity index is 1.99. The van der Waals surface area contributed by atoms with E-state index in [2.05, 4.69) is 20.3 Å². The van der Waals surface area contributed by atoms with Crippen molar-refractivity contribution in [3.63, 3.8) is 0 Å². The molecule has 3 rings (SSSR count). The predicted octanol–water partition coefficient (Wildman–Crippen LogP) is 4.61. The molecule has 0 saturated carbocycles. The molecule has 0 aliphatic carbocycles. The van der Waals surface area contributed by atoms with Gasteiger partial charge in [-0.2, -0.15) is 4.98 Å². The van der Waals surface area contributed by atoms with Gasteiger partial charge < -0.3 is 10.1 Å². The zero-order valence-corrected chi connectivity index (χ0v) is 15.5. The fourth-order valence-corrected chi connectivity index (χ4v) is 3.24. The van der Waals surface area contributed by atoms with E-state index in [1.807, 2.05) is 33.8 Å². The second kappa shape index (κ2) is 7.04. The maximum absolute atomic E-state index is 11.6. The summed E-state index contributed by atoms with van der Waals surface area (Å²) in [5, 5.41) is 15.0. The largest absolute Gasteiger partial charge is 0.434 e. The monoisotopic (exact) mass is 371 g/mol. The van der Waals surface area contributed by atoms with Crippen molar-refractivity contribution in [2.24, 2.45) is 0 Å². The molecule has 3 aromatic rings. The Morgan fingerprint density at radius 3 is 2.38 bits per heavy atom. The maximum Gasteiger partial charge on any atom is 0.373 e. The van der Waals surface area contributed by atoms with Gasteiger partial charge in [-0.1, -0.05) is 6.07 Å². The zero-order chi connectivity index (χ0) is 18.8.